The zero-order valence-electron chi connectivity index (χ0n) is 11.3. The molecule has 3 N–H and O–H groups in total. The van der Waals surface area contributed by atoms with Crippen molar-refractivity contribution in [2.24, 2.45) is 0 Å². The number of halogens is 1. The second kappa shape index (κ2) is 6.32. The largest absolute Gasteiger partial charge is 0.395 e. The van der Waals surface area contributed by atoms with Gasteiger partial charge in [0, 0.05) is 11.3 Å². The number of thioether (sulfide) groups is 1. The normalized spacial score (nSPS) is 23.1. The molecule has 0 aromatic heterocycles. The Morgan fingerprint density at radius 3 is 2.90 bits per heavy atom. The van der Waals surface area contributed by atoms with Crippen LogP contribution in [0.3, 0.4) is 0 Å². The van der Waals surface area contributed by atoms with Crippen LogP contribution in [0, 0.1) is 5.82 Å². The molecule has 1 aromatic rings. The van der Waals surface area contributed by atoms with E-state index in [2.05, 4.69) is 11.6 Å². The number of hydrogen-bond acceptors (Lipinski definition) is 4. The predicted molar refractivity (Wildman–Crippen MR) is 80.7 cm³/mol. The molecular formula is C13H19FN2O2S2. The van der Waals surface area contributed by atoms with Crippen molar-refractivity contribution in [2.75, 3.05) is 11.5 Å². The number of nitrogens with one attached hydrogen (secondary N) is 1. The van der Waals surface area contributed by atoms with Gasteiger partial charge in [0.05, 0.1) is 5.69 Å². The lowest BCUT2D eigenvalue weighted by Gasteiger charge is -2.15. The Hall–Kier alpha value is -0.790. The summed E-state index contributed by atoms with van der Waals surface area (Å²) in [4.78, 5) is -0.177. The minimum absolute atomic E-state index is 0.0910. The van der Waals surface area contributed by atoms with E-state index in [9.17, 15) is 12.8 Å². The van der Waals surface area contributed by atoms with Gasteiger partial charge in [-0.3, -0.25) is 0 Å². The van der Waals surface area contributed by atoms with Crippen LogP contribution in [0.15, 0.2) is 23.1 Å². The Kier molecular flexibility index (Phi) is 4.93. The van der Waals surface area contributed by atoms with E-state index in [-0.39, 0.29) is 16.6 Å². The molecule has 0 aliphatic heterocycles. The van der Waals surface area contributed by atoms with E-state index in [1.165, 1.54) is 12.1 Å². The lowest BCUT2D eigenvalue weighted by Crippen LogP contribution is -2.33. The van der Waals surface area contributed by atoms with Gasteiger partial charge in [0.1, 0.15) is 10.7 Å². The standard InChI is InChI=1S/C13H19FN2O2S2/c1-2-19-10-7-6-9(8-10)16-20(17,18)12-5-3-4-11(14)13(12)15/h3-5,9-10,16H,2,6-8,15H2,1H3. The van der Waals surface area contributed by atoms with Gasteiger partial charge in [0.25, 0.3) is 0 Å². The van der Waals surface area contributed by atoms with E-state index in [1.807, 2.05) is 11.8 Å². The van der Waals surface area contributed by atoms with Gasteiger partial charge in [-0.1, -0.05) is 13.0 Å². The fraction of sp³-hybridized carbons (Fsp3) is 0.538. The summed E-state index contributed by atoms with van der Waals surface area (Å²) in [6.45, 7) is 2.09. The predicted octanol–water partition coefficient (Wildman–Crippen LogP) is 2.36. The number of para-hydroxylation sites is 1. The van der Waals surface area contributed by atoms with Crippen LogP contribution in [0.5, 0.6) is 0 Å². The Balaban J connectivity index is 2.10. The molecule has 1 saturated carbocycles. The van der Waals surface area contributed by atoms with Crippen molar-refractivity contribution in [2.45, 2.75) is 42.4 Å². The van der Waals surface area contributed by atoms with Crippen molar-refractivity contribution in [3.05, 3.63) is 24.0 Å². The molecule has 1 aromatic carbocycles. The van der Waals surface area contributed by atoms with Crippen LogP contribution < -0.4 is 10.5 Å². The first-order valence-corrected chi connectivity index (χ1v) is 9.15. The summed E-state index contributed by atoms with van der Waals surface area (Å²) in [5, 5.41) is 0.498. The molecule has 0 saturated heterocycles. The number of nitrogens with two attached hydrogens (primary N) is 1. The summed E-state index contributed by atoms with van der Waals surface area (Å²) < 4.78 is 40.5. The van der Waals surface area contributed by atoms with Crippen LogP contribution in [0.25, 0.3) is 0 Å². The van der Waals surface area contributed by atoms with Gasteiger partial charge in [-0.05, 0) is 37.1 Å². The summed E-state index contributed by atoms with van der Waals surface area (Å²) in [5.41, 5.74) is 5.20. The molecule has 0 heterocycles. The van der Waals surface area contributed by atoms with E-state index >= 15 is 0 Å². The fourth-order valence-corrected chi connectivity index (χ4v) is 5.04. The maximum Gasteiger partial charge on any atom is 0.242 e. The van der Waals surface area contributed by atoms with Crippen LogP contribution in [0.2, 0.25) is 0 Å². The monoisotopic (exact) mass is 318 g/mol. The molecule has 7 heteroatoms. The number of sulfonamides is 1. The zero-order chi connectivity index (χ0) is 14.8. The highest BCUT2D eigenvalue weighted by Crippen LogP contribution is 2.31. The maximum absolute atomic E-state index is 13.4. The molecule has 2 rings (SSSR count). The quantitative estimate of drug-likeness (QED) is 0.818. The molecule has 0 amide bonds. The number of anilines is 1. The van der Waals surface area contributed by atoms with Gasteiger partial charge in [0.2, 0.25) is 10.0 Å². The average Bonchev–Trinajstić information content (AvgIpc) is 2.79. The van der Waals surface area contributed by atoms with Gasteiger partial charge in [0.15, 0.2) is 0 Å². The molecule has 0 spiro atoms. The highest BCUT2D eigenvalue weighted by atomic mass is 32.2. The first-order chi connectivity index (χ1) is 9.44. The van der Waals surface area contributed by atoms with Crippen molar-refractivity contribution in [3.63, 3.8) is 0 Å². The first-order valence-electron chi connectivity index (χ1n) is 6.62. The Bertz CT molecular complexity index is 578. The molecule has 4 nitrogen and oxygen atoms in total. The maximum atomic E-state index is 13.4. The SMILES string of the molecule is CCSC1CCC(NS(=O)(=O)c2cccc(F)c2N)C1. The van der Waals surface area contributed by atoms with E-state index in [4.69, 9.17) is 5.73 Å². The second-order valence-corrected chi connectivity index (χ2v) is 8.12. The van der Waals surface area contributed by atoms with Crippen LogP contribution in [0.1, 0.15) is 26.2 Å². The molecule has 1 fully saturated rings. The summed E-state index contributed by atoms with van der Waals surface area (Å²) in [6, 6.07) is 3.74. The summed E-state index contributed by atoms with van der Waals surface area (Å²) in [5.74, 6) is 0.319. The van der Waals surface area contributed by atoms with Crippen LogP contribution in [-0.2, 0) is 10.0 Å². The van der Waals surface area contributed by atoms with E-state index in [1.54, 1.807) is 0 Å². The van der Waals surface area contributed by atoms with Crippen molar-refractivity contribution in [3.8, 4) is 0 Å². The smallest absolute Gasteiger partial charge is 0.242 e. The third-order valence-corrected chi connectivity index (χ3v) is 6.22. The van der Waals surface area contributed by atoms with Crippen LogP contribution >= 0.6 is 11.8 Å². The van der Waals surface area contributed by atoms with Crippen molar-refractivity contribution >= 4 is 27.5 Å². The Morgan fingerprint density at radius 1 is 1.45 bits per heavy atom. The van der Waals surface area contributed by atoms with Gasteiger partial charge in [-0.2, -0.15) is 11.8 Å². The van der Waals surface area contributed by atoms with Crippen molar-refractivity contribution < 1.29 is 12.8 Å². The molecule has 1 aliphatic carbocycles. The lowest BCUT2D eigenvalue weighted by molar-refractivity contribution is 0.551. The van der Waals surface area contributed by atoms with E-state index in [0.717, 1.165) is 31.1 Å². The Morgan fingerprint density at radius 2 is 2.20 bits per heavy atom. The second-order valence-electron chi connectivity index (χ2n) is 4.86. The third-order valence-electron chi connectivity index (χ3n) is 3.41. The average molecular weight is 318 g/mol. The van der Waals surface area contributed by atoms with E-state index < -0.39 is 15.8 Å². The van der Waals surface area contributed by atoms with E-state index in [0.29, 0.717) is 5.25 Å². The molecule has 2 atom stereocenters. The number of hydrogen-bond donors (Lipinski definition) is 2. The number of nitrogen functional groups attached to an aromatic ring is 1. The summed E-state index contributed by atoms with van der Waals surface area (Å²) in [7, 11) is -3.76. The molecule has 112 valence electrons. The van der Waals surface area contributed by atoms with Gasteiger partial charge < -0.3 is 5.73 Å². The fourth-order valence-electron chi connectivity index (χ4n) is 2.47. The van der Waals surface area contributed by atoms with Crippen molar-refractivity contribution in [1.29, 1.82) is 0 Å². The number of benzene rings is 1. The highest BCUT2D eigenvalue weighted by molar-refractivity contribution is 7.99. The number of rotatable bonds is 5. The highest BCUT2D eigenvalue weighted by Gasteiger charge is 2.29. The minimum atomic E-state index is -3.76. The molecule has 0 radical (unpaired) electrons. The molecule has 1 aliphatic rings. The molecular weight excluding hydrogens is 299 g/mol. The molecule has 20 heavy (non-hydrogen) atoms. The summed E-state index contributed by atoms with van der Waals surface area (Å²) in [6.07, 6.45) is 2.63. The van der Waals surface area contributed by atoms with Crippen LogP contribution in [-0.4, -0.2) is 25.5 Å². The Labute approximate surface area is 123 Å². The summed E-state index contributed by atoms with van der Waals surface area (Å²) >= 11 is 1.85. The molecule has 0 bridgehead atoms. The van der Waals surface area contributed by atoms with Gasteiger partial charge in [-0.15, -0.1) is 0 Å². The minimum Gasteiger partial charge on any atom is -0.395 e. The van der Waals surface area contributed by atoms with Crippen molar-refractivity contribution in [1.82, 2.24) is 4.72 Å². The zero-order valence-corrected chi connectivity index (χ0v) is 12.9. The first kappa shape index (κ1) is 15.6. The van der Waals surface area contributed by atoms with Gasteiger partial charge in [-0.25, -0.2) is 17.5 Å². The van der Waals surface area contributed by atoms with Gasteiger partial charge >= 0.3 is 0 Å². The molecule has 2 unspecified atom stereocenters. The lowest BCUT2D eigenvalue weighted by atomic mass is 10.3. The third kappa shape index (κ3) is 3.45. The topological polar surface area (TPSA) is 72.2 Å². The van der Waals surface area contributed by atoms with Crippen LogP contribution in [0.4, 0.5) is 10.1 Å².